The highest BCUT2D eigenvalue weighted by molar-refractivity contribution is 5.01. The molecular weight excluding hydrogens is 242 g/mol. The Morgan fingerprint density at radius 2 is 2.16 bits per heavy atom. The number of rotatable bonds is 6. The molecule has 1 aliphatic heterocycles. The highest BCUT2D eigenvalue weighted by atomic mass is 16.5. The molecule has 2 heterocycles. The van der Waals surface area contributed by atoms with Gasteiger partial charge in [0, 0.05) is 13.0 Å². The lowest BCUT2D eigenvalue weighted by atomic mass is 9.84. The Morgan fingerprint density at radius 3 is 2.79 bits per heavy atom. The van der Waals surface area contributed by atoms with Crippen molar-refractivity contribution in [1.82, 2.24) is 10.1 Å². The number of hydrogen-bond donors (Lipinski definition) is 1. The van der Waals surface area contributed by atoms with Crippen LogP contribution in [-0.4, -0.2) is 23.3 Å². The molecule has 0 saturated carbocycles. The summed E-state index contributed by atoms with van der Waals surface area (Å²) >= 11 is 0. The Morgan fingerprint density at radius 1 is 1.37 bits per heavy atom. The molecule has 2 N–H and O–H groups in total. The van der Waals surface area contributed by atoms with Gasteiger partial charge in [-0.05, 0) is 44.6 Å². The Hall–Kier alpha value is -0.940. The van der Waals surface area contributed by atoms with Crippen LogP contribution in [0.1, 0.15) is 58.2 Å². The molecule has 1 aliphatic rings. The summed E-state index contributed by atoms with van der Waals surface area (Å²) < 4.78 is 11.1. The zero-order valence-electron chi connectivity index (χ0n) is 12.2. The van der Waals surface area contributed by atoms with Gasteiger partial charge in [0.2, 0.25) is 11.7 Å². The normalized spacial score (nSPS) is 24.0. The summed E-state index contributed by atoms with van der Waals surface area (Å²) in [7, 11) is 0. The molecule has 5 heteroatoms. The van der Waals surface area contributed by atoms with E-state index in [1.807, 2.05) is 6.92 Å². The largest absolute Gasteiger partial charge is 0.367 e. The average molecular weight is 267 g/mol. The van der Waals surface area contributed by atoms with Crippen molar-refractivity contribution in [2.24, 2.45) is 11.1 Å². The third kappa shape index (κ3) is 3.54. The van der Waals surface area contributed by atoms with E-state index in [2.05, 4.69) is 24.0 Å². The maximum absolute atomic E-state index is 5.72. The van der Waals surface area contributed by atoms with E-state index < -0.39 is 0 Å². The minimum absolute atomic E-state index is 0.219. The fourth-order valence-electron chi connectivity index (χ4n) is 2.49. The first kappa shape index (κ1) is 14.5. The summed E-state index contributed by atoms with van der Waals surface area (Å²) in [6.07, 6.45) is 4.84. The van der Waals surface area contributed by atoms with E-state index in [1.165, 1.54) is 0 Å². The van der Waals surface area contributed by atoms with Crippen molar-refractivity contribution in [3.8, 4) is 0 Å². The van der Waals surface area contributed by atoms with Gasteiger partial charge in [0.1, 0.15) is 5.60 Å². The monoisotopic (exact) mass is 267 g/mol. The second kappa shape index (κ2) is 5.59. The van der Waals surface area contributed by atoms with Crippen LogP contribution in [0, 0.1) is 5.41 Å². The Labute approximate surface area is 114 Å². The fraction of sp³-hybridized carbons (Fsp3) is 0.857. The molecule has 19 heavy (non-hydrogen) atoms. The molecule has 1 unspecified atom stereocenters. The van der Waals surface area contributed by atoms with E-state index in [0.29, 0.717) is 18.3 Å². The number of hydrogen-bond acceptors (Lipinski definition) is 5. The van der Waals surface area contributed by atoms with Gasteiger partial charge in [-0.2, -0.15) is 4.98 Å². The molecule has 1 saturated heterocycles. The van der Waals surface area contributed by atoms with E-state index in [-0.39, 0.29) is 11.0 Å². The van der Waals surface area contributed by atoms with E-state index in [0.717, 1.165) is 38.7 Å². The van der Waals surface area contributed by atoms with Crippen LogP contribution < -0.4 is 5.73 Å². The van der Waals surface area contributed by atoms with Crippen LogP contribution in [0.5, 0.6) is 0 Å². The van der Waals surface area contributed by atoms with Crippen molar-refractivity contribution < 1.29 is 9.26 Å². The molecule has 108 valence electrons. The molecule has 1 aromatic heterocycles. The molecule has 0 aliphatic carbocycles. The summed E-state index contributed by atoms with van der Waals surface area (Å²) in [4.78, 5) is 4.49. The zero-order valence-corrected chi connectivity index (χ0v) is 12.2. The smallest absolute Gasteiger partial charge is 0.226 e. The Kier molecular flexibility index (Phi) is 4.26. The van der Waals surface area contributed by atoms with Crippen LogP contribution in [0.3, 0.4) is 0 Å². The van der Waals surface area contributed by atoms with Crippen LogP contribution >= 0.6 is 0 Å². The maximum Gasteiger partial charge on any atom is 0.226 e. The SMILES string of the molecule is CC(C)(CCN)CCc1nc(C2(C)CCCO2)no1. The minimum Gasteiger partial charge on any atom is -0.367 e. The van der Waals surface area contributed by atoms with Crippen molar-refractivity contribution in [2.45, 2.75) is 58.5 Å². The molecule has 0 aromatic carbocycles. The molecular formula is C14H25N3O2. The van der Waals surface area contributed by atoms with E-state index in [4.69, 9.17) is 15.0 Å². The van der Waals surface area contributed by atoms with Crippen LogP contribution in [0.25, 0.3) is 0 Å². The van der Waals surface area contributed by atoms with Gasteiger partial charge >= 0.3 is 0 Å². The number of ether oxygens (including phenoxy) is 1. The standard InChI is InChI=1S/C14H25N3O2/c1-13(2,8-9-15)7-5-11-16-12(17-19-11)14(3)6-4-10-18-14/h4-10,15H2,1-3H3. The molecule has 0 bridgehead atoms. The summed E-state index contributed by atoms with van der Waals surface area (Å²) in [5.74, 6) is 1.40. The number of nitrogens with zero attached hydrogens (tertiary/aromatic N) is 2. The maximum atomic E-state index is 5.72. The van der Waals surface area contributed by atoms with Gasteiger partial charge in [0.25, 0.3) is 0 Å². The second-order valence-electron chi connectivity index (χ2n) is 6.40. The summed E-state index contributed by atoms with van der Waals surface area (Å²) in [5.41, 5.74) is 5.49. The Bertz CT molecular complexity index is 409. The lowest BCUT2D eigenvalue weighted by molar-refractivity contribution is 0.00768. The highest BCUT2D eigenvalue weighted by Gasteiger charge is 2.36. The molecule has 2 rings (SSSR count). The first-order chi connectivity index (χ1) is 8.95. The lowest BCUT2D eigenvalue weighted by Crippen LogP contribution is -2.21. The molecule has 5 nitrogen and oxygen atoms in total. The second-order valence-corrected chi connectivity index (χ2v) is 6.40. The quantitative estimate of drug-likeness (QED) is 0.856. The number of aryl methyl sites for hydroxylation is 1. The van der Waals surface area contributed by atoms with Crippen molar-refractivity contribution >= 4 is 0 Å². The van der Waals surface area contributed by atoms with Gasteiger partial charge in [-0.15, -0.1) is 0 Å². The topological polar surface area (TPSA) is 74.2 Å². The first-order valence-electron chi connectivity index (χ1n) is 7.12. The third-order valence-corrected chi connectivity index (χ3v) is 4.00. The van der Waals surface area contributed by atoms with Crippen LogP contribution in [0.2, 0.25) is 0 Å². The van der Waals surface area contributed by atoms with Gasteiger partial charge in [-0.25, -0.2) is 0 Å². The van der Waals surface area contributed by atoms with Gasteiger partial charge in [-0.3, -0.25) is 0 Å². The van der Waals surface area contributed by atoms with E-state index >= 15 is 0 Å². The molecule has 1 aromatic rings. The third-order valence-electron chi connectivity index (χ3n) is 4.00. The molecule has 0 amide bonds. The average Bonchev–Trinajstić information content (AvgIpc) is 2.96. The summed E-state index contributed by atoms with van der Waals surface area (Å²) in [6.45, 7) is 7.97. The molecule has 1 fully saturated rings. The highest BCUT2D eigenvalue weighted by Crippen LogP contribution is 2.34. The minimum atomic E-state index is -0.353. The van der Waals surface area contributed by atoms with Crippen molar-refractivity contribution in [3.63, 3.8) is 0 Å². The molecule has 1 atom stereocenters. The lowest BCUT2D eigenvalue weighted by Gasteiger charge is -2.22. The van der Waals surface area contributed by atoms with Gasteiger partial charge in [0.05, 0.1) is 0 Å². The van der Waals surface area contributed by atoms with Crippen molar-refractivity contribution in [3.05, 3.63) is 11.7 Å². The van der Waals surface area contributed by atoms with Crippen LogP contribution in [0.15, 0.2) is 4.52 Å². The van der Waals surface area contributed by atoms with Gasteiger partial charge in [-0.1, -0.05) is 19.0 Å². The van der Waals surface area contributed by atoms with Gasteiger partial charge < -0.3 is 15.0 Å². The first-order valence-corrected chi connectivity index (χ1v) is 7.12. The van der Waals surface area contributed by atoms with Crippen molar-refractivity contribution in [1.29, 1.82) is 0 Å². The summed E-state index contributed by atoms with van der Waals surface area (Å²) in [6, 6.07) is 0. The summed E-state index contributed by atoms with van der Waals surface area (Å²) in [5, 5.41) is 4.08. The predicted molar refractivity (Wildman–Crippen MR) is 72.6 cm³/mol. The molecule has 0 spiro atoms. The van der Waals surface area contributed by atoms with Gasteiger partial charge in [0.15, 0.2) is 0 Å². The Balaban J connectivity index is 1.94. The molecule has 0 radical (unpaired) electrons. The van der Waals surface area contributed by atoms with E-state index in [1.54, 1.807) is 0 Å². The van der Waals surface area contributed by atoms with E-state index in [9.17, 15) is 0 Å². The number of nitrogens with two attached hydrogens (primary N) is 1. The van der Waals surface area contributed by atoms with Crippen molar-refractivity contribution in [2.75, 3.05) is 13.2 Å². The fourth-order valence-corrected chi connectivity index (χ4v) is 2.49. The zero-order chi connectivity index (χ0) is 13.9. The predicted octanol–water partition coefficient (Wildman–Crippen LogP) is 2.40. The van der Waals surface area contributed by atoms with Crippen LogP contribution in [0.4, 0.5) is 0 Å². The number of aromatic nitrogens is 2. The van der Waals surface area contributed by atoms with Crippen LogP contribution in [-0.2, 0) is 16.8 Å².